The number of rotatable bonds is 4. The van der Waals surface area contributed by atoms with Crippen LogP contribution in [-0.2, 0) is 0 Å². The number of hydrogen-bond donors (Lipinski definition) is 3. The highest BCUT2D eigenvalue weighted by Gasteiger charge is 2.32. The molecule has 4 N–H and O–H groups in total. The number of nitrogens with one attached hydrogen (secondary N) is 2. The van der Waals surface area contributed by atoms with E-state index in [0.717, 1.165) is 12.6 Å². The Bertz CT molecular complexity index is 411. The lowest BCUT2D eigenvalue weighted by atomic mass is 9.93. The zero-order valence-corrected chi connectivity index (χ0v) is 10.8. The second-order valence-electron chi connectivity index (χ2n) is 4.89. The summed E-state index contributed by atoms with van der Waals surface area (Å²) in [6, 6.07) is 0.268. The van der Waals surface area contributed by atoms with Crippen LogP contribution in [-0.4, -0.2) is 16.0 Å². The van der Waals surface area contributed by atoms with E-state index in [0.29, 0.717) is 11.8 Å². The molecule has 1 aliphatic rings. The Kier molecular flexibility index (Phi) is 3.96. The van der Waals surface area contributed by atoms with Crippen LogP contribution < -0.4 is 16.6 Å². The topological polar surface area (TPSA) is 75.9 Å². The molecule has 0 bridgehead atoms. The second-order valence-corrected chi connectivity index (χ2v) is 4.89. The van der Waals surface area contributed by atoms with E-state index in [1.165, 1.54) is 12.8 Å². The number of nitrogens with two attached hydrogens (primary N) is 1. The summed E-state index contributed by atoms with van der Waals surface area (Å²) >= 11 is 0. The Morgan fingerprint density at radius 1 is 1.50 bits per heavy atom. The fourth-order valence-corrected chi connectivity index (χ4v) is 2.74. The van der Waals surface area contributed by atoms with Crippen LogP contribution in [0.25, 0.3) is 0 Å². The standard InChI is InChI=1S/C12H20FN5/c1-3-8-4-5-10(7(8)2)16-11-9(13)6-15-12(17-11)18-14/h6-8,10H,3-5,14H2,1-2H3,(H2,15,16,17,18). The molecule has 1 heterocycles. The molecule has 1 aromatic heterocycles. The molecular formula is C12H20FN5. The predicted molar refractivity (Wildman–Crippen MR) is 69.4 cm³/mol. The second kappa shape index (κ2) is 5.48. The van der Waals surface area contributed by atoms with Gasteiger partial charge in [-0.1, -0.05) is 20.3 Å². The van der Waals surface area contributed by atoms with Crippen molar-refractivity contribution in [1.29, 1.82) is 0 Å². The average molecular weight is 253 g/mol. The molecule has 0 spiro atoms. The molecule has 0 radical (unpaired) electrons. The van der Waals surface area contributed by atoms with Crippen molar-refractivity contribution < 1.29 is 4.39 Å². The van der Waals surface area contributed by atoms with Gasteiger partial charge in [0.15, 0.2) is 11.6 Å². The largest absolute Gasteiger partial charge is 0.364 e. The van der Waals surface area contributed by atoms with Crippen LogP contribution in [0.1, 0.15) is 33.1 Å². The van der Waals surface area contributed by atoms with Gasteiger partial charge in [-0.3, -0.25) is 5.43 Å². The fraction of sp³-hybridized carbons (Fsp3) is 0.667. The maximum Gasteiger partial charge on any atom is 0.239 e. The number of hydrazine groups is 1. The summed E-state index contributed by atoms with van der Waals surface area (Å²) in [4.78, 5) is 7.73. The minimum absolute atomic E-state index is 0.219. The van der Waals surface area contributed by atoms with E-state index in [1.807, 2.05) is 0 Å². The summed E-state index contributed by atoms with van der Waals surface area (Å²) < 4.78 is 13.6. The van der Waals surface area contributed by atoms with Gasteiger partial charge in [0, 0.05) is 6.04 Å². The average Bonchev–Trinajstić information content (AvgIpc) is 2.73. The number of nitrogen functional groups attached to an aromatic ring is 1. The Labute approximate surface area is 106 Å². The van der Waals surface area contributed by atoms with Crippen molar-refractivity contribution in [2.24, 2.45) is 17.7 Å². The van der Waals surface area contributed by atoms with Crippen LogP contribution in [0.5, 0.6) is 0 Å². The number of halogens is 1. The molecule has 0 amide bonds. The van der Waals surface area contributed by atoms with Crippen molar-refractivity contribution in [1.82, 2.24) is 9.97 Å². The molecular weight excluding hydrogens is 233 g/mol. The van der Waals surface area contributed by atoms with Gasteiger partial charge in [-0.15, -0.1) is 0 Å². The zero-order valence-electron chi connectivity index (χ0n) is 10.8. The monoisotopic (exact) mass is 253 g/mol. The van der Waals surface area contributed by atoms with Crippen LogP contribution in [0.4, 0.5) is 16.2 Å². The highest BCUT2D eigenvalue weighted by molar-refractivity contribution is 5.41. The van der Waals surface area contributed by atoms with Gasteiger partial charge in [0.2, 0.25) is 5.95 Å². The molecule has 3 atom stereocenters. The Balaban J connectivity index is 2.10. The smallest absolute Gasteiger partial charge is 0.239 e. The SMILES string of the molecule is CCC1CCC(Nc2nc(NN)ncc2F)C1C. The summed E-state index contributed by atoms with van der Waals surface area (Å²) in [5, 5.41) is 3.18. The molecule has 0 aliphatic heterocycles. The molecule has 6 heteroatoms. The number of nitrogens with zero attached hydrogens (tertiary/aromatic N) is 2. The van der Waals surface area contributed by atoms with Gasteiger partial charge in [-0.05, 0) is 24.7 Å². The Hall–Kier alpha value is -1.43. The van der Waals surface area contributed by atoms with Gasteiger partial charge in [-0.25, -0.2) is 15.2 Å². The van der Waals surface area contributed by atoms with E-state index in [-0.39, 0.29) is 17.8 Å². The van der Waals surface area contributed by atoms with E-state index >= 15 is 0 Å². The van der Waals surface area contributed by atoms with Crippen molar-refractivity contribution in [2.45, 2.75) is 39.2 Å². The number of anilines is 2. The van der Waals surface area contributed by atoms with Crippen molar-refractivity contribution in [2.75, 3.05) is 10.7 Å². The zero-order chi connectivity index (χ0) is 13.1. The molecule has 1 aromatic rings. The van der Waals surface area contributed by atoms with E-state index in [9.17, 15) is 4.39 Å². The van der Waals surface area contributed by atoms with Crippen LogP contribution in [0, 0.1) is 17.7 Å². The van der Waals surface area contributed by atoms with Gasteiger partial charge in [-0.2, -0.15) is 4.98 Å². The van der Waals surface area contributed by atoms with Gasteiger partial charge < -0.3 is 5.32 Å². The summed E-state index contributed by atoms with van der Waals surface area (Å²) in [6.07, 6.45) is 4.53. The van der Waals surface area contributed by atoms with Crippen molar-refractivity contribution in [3.8, 4) is 0 Å². The van der Waals surface area contributed by atoms with Gasteiger partial charge in [0.05, 0.1) is 6.20 Å². The summed E-state index contributed by atoms with van der Waals surface area (Å²) in [7, 11) is 0. The lowest BCUT2D eigenvalue weighted by molar-refractivity contribution is 0.391. The molecule has 1 fully saturated rings. The number of aromatic nitrogens is 2. The van der Waals surface area contributed by atoms with Crippen LogP contribution in [0.2, 0.25) is 0 Å². The predicted octanol–water partition coefficient (Wildman–Crippen LogP) is 2.14. The van der Waals surface area contributed by atoms with Crippen molar-refractivity contribution >= 4 is 11.8 Å². The van der Waals surface area contributed by atoms with Crippen LogP contribution in [0.3, 0.4) is 0 Å². The van der Waals surface area contributed by atoms with E-state index in [4.69, 9.17) is 5.84 Å². The minimum Gasteiger partial charge on any atom is -0.364 e. The summed E-state index contributed by atoms with van der Waals surface area (Å²) in [5.41, 5.74) is 2.32. The van der Waals surface area contributed by atoms with Crippen molar-refractivity contribution in [3.05, 3.63) is 12.0 Å². The van der Waals surface area contributed by atoms with E-state index in [1.54, 1.807) is 0 Å². The maximum atomic E-state index is 13.6. The third-order valence-corrected chi connectivity index (χ3v) is 3.95. The first-order valence-corrected chi connectivity index (χ1v) is 6.41. The third kappa shape index (κ3) is 2.53. The first kappa shape index (κ1) is 13.0. The molecule has 1 aliphatic carbocycles. The lowest BCUT2D eigenvalue weighted by Crippen LogP contribution is -2.26. The van der Waals surface area contributed by atoms with Gasteiger partial charge in [0.25, 0.3) is 0 Å². The molecule has 0 aromatic carbocycles. The van der Waals surface area contributed by atoms with Gasteiger partial charge >= 0.3 is 0 Å². The molecule has 100 valence electrons. The number of hydrogen-bond acceptors (Lipinski definition) is 5. The molecule has 18 heavy (non-hydrogen) atoms. The van der Waals surface area contributed by atoms with E-state index in [2.05, 4.69) is 34.6 Å². The Morgan fingerprint density at radius 3 is 2.89 bits per heavy atom. The normalized spacial score (nSPS) is 27.2. The summed E-state index contributed by atoms with van der Waals surface area (Å²) in [5.74, 6) is 6.46. The fourth-order valence-electron chi connectivity index (χ4n) is 2.74. The Morgan fingerprint density at radius 2 is 2.28 bits per heavy atom. The van der Waals surface area contributed by atoms with Crippen LogP contribution in [0.15, 0.2) is 6.20 Å². The summed E-state index contributed by atoms with van der Waals surface area (Å²) in [6.45, 7) is 4.41. The molecule has 0 saturated heterocycles. The first-order chi connectivity index (χ1) is 8.65. The first-order valence-electron chi connectivity index (χ1n) is 6.41. The minimum atomic E-state index is -0.443. The van der Waals surface area contributed by atoms with Crippen LogP contribution >= 0.6 is 0 Å². The lowest BCUT2D eigenvalue weighted by Gasteiger charge is -2.21. The van der Waals surface area contributed by atoms with Crippen molar-refractivity contribution in [3.63, 3.8) is 0 Å². The van der Waals surface area contributed by atoms with Gasteiger partial charge in [0.1, 0.15) is 0 Å². The maximum absolute atomic E-state index is 13.6. The quantitative estimate of drug-likeness (QED) is 0.566. The molecule has 5 nitrogen and oxygen atoms in total. The highest BCUT2D eigenvalue weighted by atomic mass is 19.1. The third-order valence-electron chi connectivity index (χ3n) is 3.95. The molecule has 1 saturated carbocycles. The highest BCUT2D eigenvalue weighted by Crippen LogP contribution is 2.35. The van der Waals surface area contributed by atoms with E-state index < -0.39 is 5.82 Å². The molecule has 3 unspecified atom stereocenters. The molecule has 2 rings (SSSR count).